The van der Waals surface area contributed by atoms with Crippen molar-refractivity contribution in [1.82, 2.24) is 10.4 Å². The molecule has 0 heterocycles. The van der Waals surface area contributed by atoms with Gasteiger partial charge in [-0.1, -0.05) is 48.5 Å². The first kappa shape index (κ1) is 22.2. The summed E-state index contributed by atoms with van der Waals surface area (Å²) in [6.45, 7) is -2.36. The number of hydroxylamine groups is 2. The number of hydrogen-bond donors (Lipinski definition) is 2. The summed E-state index contributed by atoms with van der Waals surface area (Å²) in [5.41, 5.74) is 3.98. The van der Waals surface area contributed by atoms with Gasteiger partial charge in [-0.05, 0) is 22.3 Å². The van der Waals surface area contributed by atoms with Gasteiger partial charge in [-0.15, -0.1) is 0 Å². The number of ether oxygens (including phenoxy) is 1. The monoisotopic (exact) mass is 434 g/mol. The predicted octanol–water partition coefficient (Wildman–Crippen LogP) is 2.63. The highest BCUT2D eigenvalue weighted by molar-refractivity contribution is 5.83. The first-order valence-electron chi connectivity index (χ1n) is 9.30. The minimum absolute atomic E-state index is 0.0684. The van der Waals surface area contributed by atoms with Crippen molar-refractivity contribution < 1.29 is 37.8 Å². The van der Waals surface area contributed by atoms with E-state index in [1.165, 1.54) is 0 Å². The van der Waals surface area contributed by atoms with Crippen molar-refractivity contribution in [2.75, 3.05) is 26.8 Å². The number of fused-ring (bicyclic) bond motifs is 3. The topological polar surface area (TPSA) is 105 Å². The highest BCUT2D eigenvalue weighted by atomic mass is 19.3. The van der Waals surface area contributed by atoms with Crippen LogP contribution in [0.2, 0.25) is 0 Å². The summed E-state index contributed by atoms with van der Waals surface area (Å²) < 4.78 is 33.1. The van der Waals surface area contributed by atoms with Gasteiger partial charge in [-0.2, -0.15) is 8.78 Å². The second kappa shape index (κ2) is 9.09. The molecule has 164 valence electrons. The number of carbonyl (C=O) groups excluding carboxylic acids is 2. The van der Waals surface area contributed by atoms with Gasteiger partial charge in [0.1, 0.15) is 6.61 Å². The fourth-order valence-corrected chi connectivity index (χ4v) is 3.35. The maximum Gasteiger partial charge on any atom is 0.407 e. The van der Waals surface area contributed by atoms with Gasteiger partial charge in [-0.25, -0.2) is 14.7 Å². The van der Waals surface area contributed by atoms with Crippen LogP contribution in [0.25, 0.3) is 11.1 Å². The summed E-state index contributed by atoms with van der Waals surface area (Å²) in [5.74, 6) is -7.48. The molecule has 0 unspecified atom stereocenters. The Bertz CT molecular complexity index is 952. The van der Waals surface area contributed by atoms with E-state index in [0.717, 1.165) is 29.3 Å². The zero-order chi connectivity index (χ0) is 22.6. The number of nitrogens with one attached hydrogen (secondary N) is 1. The number of hydrogen-bond acceptors (Lipinski definition) is 5. The van der Waals surface area contributed by atoms with Gasteiger partial charge < -0.3 is 15.2 Å². The predicted molar refractivity (Wildman–Crippen MR) is 104 cm³/mol. The van der Waals surface area contributed by atoms with Gasteiger partial charge in [0.2, 0.25) is 0 Å². The molecule has 1 aliphatic carbocycles. The summed E-state index contributed by atoms with van der Waals surface area (Å²) in [6.07, 6.45) is -1.11. The van der Waals surface area contributed by atoms with Crippen LogP contribution >= 0.6 is 0 Å². The van der Waals surface area contributed by atoms with Crippen molar-refractivity contribution in [2.24, 2.45) is 0 Å². The Labute approximate surface area is 176 Å². The molecule has 2 N–H and O–H groups in total. The summed E-state index contributed by atoms with van der Waals surface area (Å²) in [6, 6.07) is 15.3. The third-order valence-corrected chi connectivity index (χ3v) is 4.78. The number of rotatable bonds is 8. The van der Waals surface area contributed by atoms with Crippen molar-refractivity contribution in [3.63, 3.8) is 0 Å². The first-order valence-corrected chi connectivity index (χ1v) is 9.30. The third kappa shape index (κ3) is 4.97. The largest absolute Gasteiger partial charge is 0.479 e. The summed E-state index contributed by atoms with van der Waals surface area (Å²) >= 11 is 0. The lowest BCUT2D eigenvalue weighted by Gasteiger charge is -2.22. The lowest BCUT2D eigenvalue weighted by Crippen LogP contribution is -2.49. The Kier molecular flexibility index (Phi) is 6.50. The van der Waals surface area contributed by atoms with Crippen LogP contribution in [0, 0.1) is 0 Å². The first-order chi connectivity index (χ1) is 14.7. The molecule has 2 aromatic rings. The minimum atomic E-state index is -4.02. The molecular formula is C21H20F2N2O6. The number of alkyl carbamates (subject to hydrolysis) is 1. The standard InChI is InChI=1S/C21H20F2N2O6/c1-25(31-11-18(26)27)19(28)21(22,23)12-24-20(29)30-10-17-15-8-4-2-6-13(15)14-7-3-5-9-16(14)17/h2-9,17H,10-12H2,1H3,(H,24,29)(H,26,27). The molecule has 2 aromatic carbocycles. The molecular weight excluding hydrogens is 414 g/mol. The third-order valence-electron chi connectivity index (χ3n) is 4.78. The summed E-state index contributed by atoms with van der Waals surface area (Å²) in [5, 5.41) is 10.5. The molecule has 0 saturated carbocycles. The lowest BCUT2D eigenvalue weighted by molar-refractivity contribution is -0.204. The van der Waals surface area contributed by atoms with E-state index in [0.29, 0.717) is 0 Å². The fraction of sp³-hybridized carbons (Fsp3) is 0.286. The Morgan fingerprint density at radius 3 is 2.16 bits per heavy atom. The number of nitrogens with zero attached hydrogens (tertiary/aromatic N) is 1. The molecule has 0 bridgehead atoms. The molecule has 31 heavy (non-hydrogen) atoms. The second-order valence-electron chi connectivity index (χ2n) is 6.85. The Morgan fingerprint density at radius 2 is 1.61 bits per heavy atom. The molecule has 0 spiro atoms. The van der Waals surface area contributed by atoms with Crippen LogP contribution in [0.4, 0.5) is 13.6 Å². The van der Waals surface area contributed by atoms with E-state index in [4.69, 9.17) is 9.84 Å². The number of carboxylic acids is 1. The fourth-order valence-electron chi connectivity index (χ4n) is 3.35. The minimum Gasteiger partial charge on any atom is -0.479 e. The van der Waals surface area contributed by atoms with Crippen molar-refractivity contribution in [3.8, 4) is 11.1 Å². The molecule has 0 saturated heterocycles. The van der Waals surface area contributed by atoms with Gasteiger partial charge in [0.15, 0.2) is 6.61 Å². The van der Waals surface area contributed by atoms with Gasteiger partial charge in [0, 0.05) is 13.0 Å². The number of benzene rings is 2. The molecule has 1 aliphatic rings. The number of halogens is 2. The highest BCUT2D eigenvalue weighted by Gasteiger charge is 2.42. The van der Waals surface area contributed by atoms with Crippen LogP contribution in [0.3, 0.4) is 0 Å². The van der Waals surface area contributed by atoms with Gasteiger partial charge in [0.05, 0.1) is 6.54 Å². The van der Waals surface area contributed by atoms with Crippen molar-refractivity contribution in [1.29, 1.82) is 0 Å². The maximum atomic E-state index is 14.0. The van der Waals surface area contributed by atoms with E-state index < -0.39 is 37.0 Å². The van der Waals surface area contributed by atoms with E-state index in [2.05, 4.69) is 4.84 Å². The van der Waals surface area contributed by atoms with Crippen LogP contribution in [-0.2, 0) is 19.2 Å². The van der Waals surface area contributed by atoms with Crippen LogP contribution in [-0.4, -0.2) is 60.9 Å². The smallest absolute Gasteiger partial charge is 0.407 e. The van der Waals surface area contributed by atoms with Crippen LogP contribution in [0.15, 0.2) is 48.5 Å². The van der Waals surface area contributed by atoms with E-state index in [-0.39, 0.29) is 17.6 Å². The van der Waals surface area contributed by atoms with Crippen LogP contribution < -0.4 is 5.32 Å². The Morgan fingerprint density at radius 1 is 1.06 bits per heavy atom. The molecule has 0 radical (unpaired) electrons. The highest BCUT2D eigenvalue weighted by Crippen LogP contribution is 2.44. The van der Waals surface area contributed by atoms with E-state index in [1.54, 1.807) is 0 Å². The number of carboxylic acid groups (broad SMARTS) is 1. The molecule has 0 fully saturated rings. The van der Waals surface area contributed by atoms with Crippen molar-refractivity contribution in [3.05, 3.63) is 59.7 Å². The van der Waals surface area contributed by atoms with E-state index in [1.807, 2.05) is 53.8 Å². The van der Waals surface area contributed by atoms with Gasteiger partial charge in [-0.3, -0.25) is 9.63 Å². The molecule has 2 amide bonds. The molecule has 0 aromatic heterocycles. The van der Waals surface area contributed by atoms with E-state index >= 15 is 0 Å². The average Bonchev–Trinajstić information content (AvgIpc) is 3.08. The maximum absolute atomic E-state index is 14.0. The van der Waals surface area contributed by atoms with Crippen LogP contribution in [0.1, 0.15) is 17.0 Å². The molecule has 3 rings (SSSR count). The number of amides is 2. The molecule has 8 nitrogen and oxygen atoms in total. The molecule has 10 heteroatoms. The van der Waals surface area contributed by atoms with Gasteiger partial charge >= 0.3 is 23.9 Å². The number of aliphatic carboxylic acids is 1. The Balaban J connectivity index is 1.56. The zero-order valence-corrected chi connectivity index (χ0v) is 16.5. The molecule has 0 aliphatic heterocycles. The lowest BCUT2D eigenvalue weighted by atomic mass is 9.98. The summed E-state index contributed by atoms with van der Waals surface area (Å²) in [4.78, 5) is 38.5. The number of alkyl halides is 2. The average molecular weight is 434 g/mol. The second-order valence-corrected chi connectivity index (χ2v) is 6.85. The van der Waals surface area contributed by atoms with Crippen molar-refractivity contribution in [2.45, 2.75) is 11.8 Å². The normalized spacial score (nSPS) is 12.6. The van der Waals surface area contributed by atoms with Crippen LogP contribution in [0.5, 0.6) is 0 Å². The SMILES string of the molecule is CN(OCC(=O)O)C(=O)C(F)(F)CNC(=O)OCC1c2ccccc2-c2ccccc21. The van der Waals surface area contributed by atoms with Crippen molar-refractivity contribution >= 4 is 18.0 Å². The quantitative estimate of drug-likeness (QED) is 0.619. The summed E-state index contributed by atoms with van der Waals surface area (Å²) in [7, 11) is 0.854. The van der Waals surface area contributed by atoms with E-state index in [9.17, 15) is 23.2 Å². The zero-order valence-electron chi connectivity index (χ0n) is 16.5. The molecule has 0 atom stereocenters. The Hall–Kier alpha value is -3.53. The number of carbonyl (C=O) groups is 3. The van der Waals surface area contributed by atoms with Gasteiger partial charge in [0.25, 0.3) is 0 Å².